The van der Waals surface area contributed by atoms with Crippen molar-refractivity contribution in [1.82, 2.24) is 4.98 Å². The minimum Gasteiger partial charge on any atom is -0.494 e. The monoisotopic (exact) mass is 357 g/mol. The summed E-state index contributed by atoms with van der Waals surface area (Å²) >= 11 is 1.64. The fraction of sp³-hybridized carbons (Fsp3) is 0.400. The molecular formula is C10H10F2INO3. The first-order chi connectivity index (χ1) is 8.02. The van der Waals surface area contributed by atoms with Crippen LogP contribution >= 0.6 is 22.6 Å². The highest BCUT2D eigenvalue weighted by atomic mass is 127. The molecule has 94 valence electrons. The number of methoxy groups -OCH3 is 1. The van der Waals surface area contributed by atoms with Gasteiger partial charge in [0.2, 0.25) is 0 Å². The van der Waals surface area contributed by atoms with Gasteiger partial charge in [0.05, 0.1) is 25.5 Å². The lowest BCUT2D eigenvalue weighted by Crippen LogP contribution is -2.13. The zero-order valence-corrected chi connectivity index (χ0v) is 11.3. The summed E-state index contributed by atoms with van der Waals surface area (Å²) in [6.07, 6.45) is -1.59. The van der Waals surface area contributed by atoms with Crippen LogP contribution in [0.5, 0.6) is 5.75 Å². The Morgan fingerprint density at radius 1 is 1.59 bits per heavy atom. The molecule has 0 bridgehead atoms. The van der Waals surface area contributed by atoms with Crippen molar-refractivity contribution < 1.29 is 23.0 Å². The van der Waals surface area contributed by atoms with E-state index in [1.165, 1.54) is 13.3 Å². The van der Waals surface area contributed by atoms with Crippen LogP contribution in [0.1, 0.15) is 29.3 Å². The fourth-order valence-corrected chi connectivity index (χ4v) is 1.90. The molecule has 1 rings (SSSR count). The molecule has 4 nitrogen and oxygen atoms in total. The molecule has 17 heavy (non-hydrogen) atoms. The Balaban J connectivity index is 3.40. The van der Waals surface area contributed by atoms with Crippen molar-refractivity contribution in [2.24, 2.45) is 0 Å². The second kappa shape index (κ2) is 6.08. The third-order valence-electron chi connectivity index (χ3n) is 1.95. The van der Waals surface area contributed by atoms with Crippen molar-refractivity contribution in [3.63, 3.8) is 0 Å². The Hall–Kier alpha value is -0.990. The van der Waals surface area contributed by atoms with Crippen LogP contribution in [0.2, 0.25) is 0 Å². The topological polar surface area (TPSA) is 48.4 Å². The second-order valence-corrected chi connectivity index (χ2v) is 3.95. The number of hydrogen-bond donors (Lipinski definition) is 0. The molecule has 0 radical (unpaired) electrons. The van der Waals surface area contributed by atoms with Gasteiger partial charge in [0.15, 0.2) is 5.75 Å². The maximum absolute atomic E-state index is 12.9. The van der Waals surface area contributed by atoms with Crippen LogP contribution in [0, 0.1) is 3.70 Å². The molecule has 0 aliphatic heterocycles. The number of carbonyl (C=O) groups is 1. The molecule has 1 aromatic heterocycles. The van der Waals surface area contributed by atoms with E-state index < -0.39 is 18.0 Å². The van der Waals surface area contributed by atoms with E-state index in [0.29, 0.717) is 0 Å². The average molecular weight is 357 g/mol. The third kappa shape index (κ3) is 3.02. The summed E-state index contributed by atoms with van der Waals surface area (Å²) in [4.78, 5) is 15.4. The third-order valence-corrected chi connectivity index (χ3v) is 2.81. The van der Waals surface area contributed by atoms with Gasteiger partial charge in [-0.2, -0.15) is 0 Å². The van der Waals surface area contributed by atoms with E-state index in [-0.39, 0.29) is 21.6 Å². The van der Waals surface area contributed by atoms with Crippen molar-refractivity contribution in [3.8, 4) is 5.75 Å². The zero-order valence-electron chi connectivity index (χ0n) is 9.17. The molecule has 0 atom stereocenters. The first-order valence-corrected chi connectivity index (χ1v) is 5.78. The molecule has 7 heteroatoms. The van der Waals surface area contributed by atoms with Gasteiger partial charge in [0, 0.05) is 0 Å². The highest BCUT2D eigenvalue weighted by Crippen LogP contribution is 2.32. The van der Waals surface area contributed by atoms with Gasteiger partial charge in [0.25, 0.3) is 6.43 Å². The zero-order chi connectivity index (χ0) is 13.0. The maximum atomic E-state index is 12.9. The molecule has 0 amide bonds. The number of rotatable bonds is 4. The first-order valence-electron chi connectivity index (χ1n) is 4.70. The Bertz CT molecular complexity index is 426. The van der Waals surface area contributed by atoms with Crippen LogP contribution in [-0.4, -0.2) is 24.7 Å². The average Bonchev–Trinajstić information content (AvgIpc) is 2.28. The van der Waals surface area contributed by atoms with Crippen molar-refractivity contribution >= 4 is 28.6 Å². The Morgan fingerprint density at radius 3 is 2.71 bits per heavy atom. The maximum Gasteiger partial charge on any atom is 0.342 e. The smallest absolute Gasteiger partial charge is 0.342 e. The Kier molecular flexibility index (Phi) is 5.03. The van der Waals surface area contributed by atoms with E-state index in [2.05, 4.69) is 4.98 Å². The van der Waals surface area contributed by atoms with Crippen LogP contribution in [0.25, 0.3) is 0 Å². The summed E-state index contributed by atoms with van der Waals surface area (Å²) < 4.78 is 35.4. The summed E-state index contributed by atoms with van der Waals surface area (Å²) in [6.45, 7) is 1.70. The predicted molar refractivity (Wildman–Crippen MR) is 64.4 cm³/mol. The summed E-state index contributed by atoms with van der Waals surface area (Å²) in [5.74, 6) is -0.848. The van der Waals surface area contributed by atoms with E-state index >= 15 is 0 Å². The number of halogens is 3. The second-order valence-electron chi connectivity index (χ2n) is 2.93. The molecule has 0 aliphatic carbocycles. The van der Waals surface area contributed by atoms with Crippen LogP contribution in [0.4, 0.5) is 8.78 Å². The molecule has 0 spiro atoms. The minimum absolute atomic E-state index is 0.0147. The summed E-state index contributed by atoms with van der Waals surface area (Å²) in [5, 5.41) is 0. The van der Waals surface area contributed by atoms with Gasteiger partial charge >= 0.3 is 5.97 Å². The van der Waals surface area contributed by atoms with Gasteiger partial charge in [-0.1, -0.05) is 0 Å². The number of alkyl halides is 2. The van der Waals surface area contributed by atoms with Crippen molar-refractivity contribution in [1.29, 1.82) is 0 Å². The van der Waals surface area contributed by atoms with E-state index in [9.17, 15) is 13.6 Å². The minimum atomic E-state index is -2.82. The normalized spacial score (nSPS) is 10.5. The van der Waals surface area contributed by atoms with Crippen molar-refractivity contribution in [3.05, 3.63) is 21.0 Å². The molecule has 0 fully saturated rings. The van der Waals surface area contributed by atoms with Gasteiger partial charge < -0.3 is 9.47 Å². The molecule has 0 N–H and O–H groups in total. The highest BCUT2D eigenvalue weighted by Gasteiger charge is 2.27. The quantitative estimate of drug-likeness (QED) is 0.473. The Labute approximate surface area is 110 Å². The summed E-state index contributed by atoms with van der Waals surface area (Å²) in [5.41, 5.74) is -0.716. The van der Waals surface area contributed by atoms with Gasteiger partial charge in [-0.3, -0.25) is 0 Å². The first kappa shape index (κ1) is 14.1. The molecular weight excluding hydrogens is 347 g/mol. The highest BCUT2D eigenvalue weighted by molar-refractivity contribution is 14.1. The predicted octanol–water partition coefficient (Wildman–Crippen LogP) is 2.81. The summed E-state index contributed by atoms with van der Waals surface area (Å²) in [6, 6.07) is 0. The lowest BCUT2D eigenvalue weighted by atomic mass is 10.1. The van der Waals surface area contributed by atoms with E-state index in [4.69, 9.17) is 9.47 Å². The van der Waals surface area contributed by atoms with Gasteiger partial charge in [-0.25, -0.2) is 18.6 Å². The van der Waals surface area contributed by atoms with E-state index in [1.807, 2.05) is 0 Å². The SMILES string of the molecule is CCOC(=O)c1c(OC)cnc(I)c1C(F)F. The van der Waals surface area contributed by atoms with Crippen LogP contribution < -0.4 is 4.74 Å². The lowest BCUT2D eigenvalue weighted by molar-refractivity contribution is 0.0510. The largest absolute Gasteiger partial charge is 0.494 e. The molecule has 0 unspecified atom stereocenters. The summed E-state index contributed by atoms with van der Waals surface area (Å²) in [7, 11) is 1.28. The van der Waals surface area contributed by atoms with Gasteiger partial charge in [-0.15, -0.1) is 0 Å². The Morgan fingerprint density at radius 2 is 2.24 bits per heavy atom. The number of hydrogen-bond acceptors (Lipinski definition) is 4. The van der Waals surface area contributed by atoms with Crippen molar-refractivity contribution in [2.75, 3.05) is 13.7 Å². The molecule has 0 aromatic carbocycles. The fourth-order valence-electron chi connectivity index (χ4n) is 1.25. The molecule has 0 aliphatic rings. The standard InChI is InChI=1S/C10H10F2INO3/c1-3-17-10(15)6-5(16-2)4-14-9(13)7(6)8(11)12/h4,8H,3H2,1-2H3. The molecule has 1 aromatic rings. The van der Waals surface area contributed by atoms with Crippen LogP contribution in [0.15, 0.2) is 6.20 Å². The van der Waals surface area contributed by atoms with Crippen LogP contribution in [-0.2, 0) is 4.74 Å². The van der Waals surface area contributed by atoms with Crippen molar-refractivity contribution in [2.45, 2.75) is 13.3 Å². The number of esters is 1. The number of nitrogens with zero attached hydrogens (tertiary/aromatic N) is 1. The molecule has 1 heterocycles. The number of aromatic nitrogens is 1. The number of ether oxygens (including phenoxy) is 2. The molecule has 0 saturated heterocycles. The number of pyridine rings is 1. The molecule has 0 saturated carbocycles. The number of carbonyl (C=O) groups excluding carboxylic acids is 1. The van der Waals surface area contributed by atoms with E-state index in [0.717, 1.165) is 0 Å². The van der Waals surface area contributed by atoms with Gasteiger partial charge in [-0.05, 0) is 29.5 Å². The van der Waals surface area contributed by atoms with Gasteiger partial charge in [0.1, 0.15) is 9.26 Å². The van der Waals surface area contributed by atoms with Crippen LogP contribution in [0.3, 0.4) is 0 Å². The van der Waals surface area contributed by atoms with E-state index in [1.54, 1.807) is 29.5 Å². The lowest BCUT2D eigenvalue weighted by Gasteiger charge is -2.13.